The highest BCUT2D eigenvalue weighted by molar-refractivity contribution is 9.10. The zero-order valence-electron chi connectivity index (χ0n) is 10.2. The van der Waals surface area contributed by atoms with E-state index >= 15 is 0 Å². The van der Waals surface area contributed by atoms with E-state index in [1.54, 1.807) is 0 Å². The first-order valence-electron chi connectivity index (χ1n) is 5.14. The van der Waals surface area contributed by atoms with Gasteiger partial charge in [-0.3, -0.25) is 0 Å². The van der Waals surface area contributed by atoms with E-state index in [-0.39, 0.29) is 12.1 Å². The average molecular weight is 458 g/mol. The molecule has 1 rings (SSSR count). The fraction of sp³-hybridized carbons (Fsp3) is 0.400. The Hall–Kier alpha value is -0.490. The fourth-order valence-corrected chi connectivity index (χ4v) is 2.98. The Bertz CT molecular complexity index is 608. The Morgan fingerprint density at radius 3 is 1.74 bits per heavy atom. The van der Waals surface area contributed by atoms with Gasteiger partial charge in [0.15, 0.2) is 10.8 Å². The minimum absolute atomic E-state index is 0.0707. The van der Waals surface area contributed by atoms with Crippen LogP contribution in [0.5, 0.6) is 0 Å². The van der Waals surface area contributed by atoms with Crippen molar-refractivity contribution in [2.24, 2.45) is 0 Å². The molecule has 0 heterocycles. The minimum atomic E-state index is -6.21. The van der Waals surface area contributed by atoms with E-state index in [2.05, 4.69) is 0 Å². The van der Waals surface area contributed by atoms with Crippen LogP contribution in [0.15, 0.2) is 23.1 Å². The molecule has 0 aliphatic rings. The van der Waals surface area contributed by atoms with E-state index in [9.17, 15) is 43.7 Å². The van der Waals surface area contributed by atoms with Crippen molar-refractivity contribution in [3.63, 3.8) is 0 Å². The summed E-state index contributed by atoms with van der Waals surface area (Å²) < 4.78 is 127. The highest BCUT2D eigenvalue weighted by Gasteiger charge is 2.71. The lowest BCUT2D eigenvalue weighted by atomic mass is 9.95. The smallest absolute Gasteiger partial charge is 0.245 e. The molecule has 0 aromatic heterocycles. The largest absolute Gasteiger partial charge is 0.475 e. The van der Waals surface area contributed by atoms with Gasteiger partial charge in [-0.1, -0.05) is 11.6 Å². The maximum atomic E-state index is 14.1. The van der Waals surface area contributed by atoms with Crippen molar-refractivity contribution in [1.29, 1.82) is 0 Å². The summed E-state index contributed by atoms with van der Waals surface area (Å²) in [7, 11) is -3.89. The predicted molar refractivity (Wildman–Crippen MR) is 66.6 cm³/mol. The van der Waals surface area contributed by atoms with Crippen molar-refractivity contribution in [1.82, 2.24) is 0 Å². The van der Waals surface area contributed by atoms with Crippen molar-refractivity contribution in [3.8, 4) is 0 Å². The third-order valence-corrected chi connectivity index (χ3v) is 4.32. The van der Waals surface area contributed by atoms with Crippen molar-refractivity contribution in [2.45, 2.75) is 27.1 Å². The van der Waals surface area contributed by atoms with E-state index in [1.165, 1.54) is 15.9 Å². The number of rotatable bonds is 3. The zero-order chi connectivity index (χ0) is 18.4. The molecule has 0 amide bonds. The second-order valence-electron chi connectivity index (χ2n) is 4.04. The maximum Gasteiger partial charge on any atom is 0.475 e. The van der Waals surface area contributed by atoms with Crippen molar-refractivity contribution < 1.29 is 43.7 Å². The third-order valence-electron chi connectivity index (χ3n) is 2.47. The van der Waals surface area contributed by atoms with Gasteiger partial charge >= 0.3 is 22.2 Å². The maximum absolute atomic E-state index is 14.1. The van der Waals surface area contributed by atoms with Gasteiger partial charge in [0.05, 0.1) is 0 Å². The predicted octanol–water partition coefficient (Wildman–Crippen LogP) is 5.68. The second-order valence-corrected chi connectivity index (χ2v) is 6.95. The van der Waals surface area contributed by atoms with Gasteiger partial charge in [0.1, 0.15) is 0 Å². The van der Waals surface area contributed by atoms with Gasteiger partial charge in [-0.2, -0.15) is 35.1 Å². The summed E-state index contributed by atoms with van der Waals surface area (Å²) >= 11 is 6.48. The van der Waals surface area contributed by atoms with Gasteiger partial charge in [0, 0.05) is 15.5 Å². The Morgan fingerprint density at radius 2 is 1.39 bits per heavy atom. The molecule has 0 radical (unpaired) electrons. The molecule has 23 heavy (non-hydrogen) atoms. The first-order chi connectivity index (χ1) is 10.0. The van der Waals surface area contributed by atoms with E-state index < -0.39 is 48.5 Å². The van der Waals surface area contributed by atoms with Crippen molar-refractivity contribution in [3.05, 3.63) is 28.8 Å². The average Bonchev–Trinajstić information content (AvgIpc) is 2.32. The van der Waals surface area contributed by atoms with Crippen LogP contribution >= 0.6 is 27.5 Å². The molecule has 0 saturated carbocycles. The van der Waals surface area contributed by atoms with Crippen LogP contribution in [0, 0.1) is 0 Å². The molecule has 0 N–H and O–H groups in total. The second kappa shape index (κ2) is 6.10. The summed E-state index contributed by atoms with van der Waals surface area (Å²) in [4.78, 5) is -6.62. The molecule has 0 bridgehead atoms. The lowest BCUT2D eigenvalue weighted by Crippen LogP contribution is -2.49. The van der Waals surface area contributed by atoms with Crippen molar-refractivity contribution >= 4 is 38.3 Å². The quantitative estimate of drug-likeness (QED) is 0.422. The number of halogens is 11. The first-order valence-corrected chi connectivity index (χ1v) is 7.46. The highest BCUT2D eigenvalue weighted by atomic mass is 79.9. The van der Waals surface area contributed by atoms with E-state index in [0.717, 1.165) is 0 Å². The van der Waals surface area contributed by atoms with Crippen LogP contribution in [0.3, 0.4) is 0 Å². The summed E-state index contributed by atoms with van der Waals surface area (Å²) in [6.07, 6.45) is -6.21. The topological polar surface area (TPSA) is 17.1 Å². The molecule has 13 heteroatoms. The van der Waals surface area contributed by atoms with Gasteiger partial charge in [-0.05, 0) is 34.1 Å². The third kappa shape index (κ3) is 3.95. The van der Waals surface area contributed by atoms with Crippen LogP contribution in [0.4, 0.5) is 39.5 Å². The number of benzene rings is 1. The first kappa shape index (κ1) is 20.6. The zero-order valence-corrected chi connectivity index (χ0v) is 13.4. The normalized spacial score (nSPS) is 17.7. The molecular weight excluding hydrogens is 455 g/mol. The van der Waals surface area contributed by atoms with Crippen LogP contribution in [0.25, 0.3) is 0 Å². The lowest BCUT2D eigenvalue weighted by Gasteiger charge is -2.32. The van der Waals surface area contributed by atoms with Crippen LogP contribution in [-0.2, 0) is 16.5 Å². The van der Waals surface area contributed by atoms with E-state index in [1.807, 2.05) is 0 Å². The molecule has 0 aliphatic heterocycles. The van der Waals surface area contributed by atoms with Crippen LogP contribution < -0.4 is 0 Å². The number of hydrogen-bond donors (Lipinski definition) is 0. The number of alkyl halides is 10. The molecule has 1 aromatic carbocycles. The van der Waals surface area contributed by atoms with E-state index in [0.29, 0.717) is 6.07 Å². The van der Waals surface area contributed by atoms with Crippen LogP contribution in [0.1, 0.15) is 5.56 Å². The van der Waals surface area contributed by atoms with Gasteiger partial charge < -0.3 is 0 Å². The Morgan fingerprint density at radius 1 is 0.913 bits per heavy atom. The van der Waals surface area contributed by atoms with Crippen LogP contribution in [-0.4, -0.2) is 20.7 Å². The summed E-state index contributed by atoms with van der Waals surface area (Å²) in [6.45, 7) is 0. The molecular formula is C10H3BrClF9OS. The molecule has 0 aliphatic carbocycles. The molecule has 1 aromatic rings. The molecule has 1 nitrogen and oxygen atoms in total. The summed E-state index contributed by atoms with van der Waals surface area (Å²) in [5, 5.41) is -0.932. The van der Waals surface area contributed by atoms with Crippen LogP contribution in [0.2, 0.25) is 5.02 Å². The lowest BCUT2D eigenvalue weighted by molar-refractivity contribution is -0.282. The summed E-state index contributed by atoms with van der Waals surface area (Å²) in [5.74, 6) is 0. The highest BCUT2D eigenvalue weighted by Crippen LogP contribution is 2.55. The molecule has 2 atom stereocenters. The molecule has 2 unspecified atom stereocenters. The molecule has 132 valence electrons. The molecule has 0 spiro atoms. The SMILES string of the molecule is O=S(c1cc(Cl)cc(C(F)(C(F)(F)F)C(F)(F)Br)c1)C(F)(F)F. The summed E-state index contributed by atoms with van der Waals surface area (Å²) in [6, 6.07) is 0.178. The van der Waals surface area contributed by atoms with Gasteiger partial charge in [-0.25, -0.2) is 8.60 Å². The Kier molecular flexibility index (Phi) is 5.45. The summed E-state index contributed by atoms with van der Waals surface area (Å²) in [5.41, 5.74) is -12.7. The number of hydrogen-bond acceptors (Lipinski definition) is 1. The standard InChI is InChI=1S/C10H3BrClF9OS/c11-8(14,15)7(13,9(16,17)18)4-1-5(12)3-6(2-4)23(22)10(19,20)21/h1-3H. The van der Waals surface area contributed by atoms with Crippen molar-refractivity contribution in [2.75, 3.05) is 0 Å². The van der Waals surface area contributed by atoms with E-state index in [4.69, 9.17) is 11.6 Å². The Labute approximate surface area is 138 Å². The minimum Gasteiger partial charge on any atom is -0.245 e. The van der Waals surface area contributed by atoms with Gasteiger partial charge in [0.25, 0.3) is 0 Å². The monoisotopic (exact) mass is 456 g/mol. The Balaban J connectivity index is 3.66. The molecule has 0 fully saturated rings. The van der Waals surface area contributed by atoms with Gasteiger partial charge in [0.2, 0.25) is 0 Å². The fourth-order valence-electron chi connectivity index (χ4n) is 1.49. The molecule has 0 saturated heterocycles. The van der Waals surface area contributed by atoms with Gasteiger partial charge in [-0.15, -0.1) is 0 Å².